The molecule has 1 N–H and O–H groups in total. The van der Waals surface area contributed by atoms with Gasteiger partial charge in [0.05, 0.1) is 12.2 Å². The Morgan fingerprint density at radius 2 is 1.79 bits per heavy atom. The van der Waals surface area contributed by atoms with Crippen molar-refractivity contribution in [1.82, 2.24) is 0 Å². The van der Waals surface area contributed by atoms with Crippen LogP contribution in [0.25, 0.3) is 5.76 Å². The molecule has 6 heteroatoms. The van der Waals surface area contributed by atoms with Crippen molar-refractivity contribution in [3.05, 3.63) is 87.6 Å². The maximum absolute atomic E-state index is 13.2. The summed E-state index contributed by atoms with van der Waals surface area (Å²) in [5, 5.41) is 13.1. The van der Waals surface area contributed by atoms with Crippen LogP contribution in [-0.2, 0) is 9.59 Å². The molecule has 0 radical (unpaired) electrons. The van der Waals surface area contributed by atoms with Gasteiger partial charge in [0.2, 0.25) is 0 Å². The van der Waals surface area contributed by atoms with Crippen LogP contribution in [0.5, 0.6) is 5.75 Å². The molecular formula is C27H27NO4S. The molecular weight excluding hydrogens is 434 g/mol. The number of hydrogen-bond donors (Lipinski definition) is 1. The van der Waals surface area contributed by atoms with Gasteiger partial charge in [0.25, 0.3) is 11.7 Å². The predicted octanol–water partition coefficient (Wildman–Crippen LogP) is 6.25. The Hall–Kier alpha value is -3.38. The monoisotopic (exact) mass is 461 g/mol. The molecule has 33 heavy (non-hydrogen) atoms. The van der Waals surface area contributed by atoms with E-state index in [1.165, 1.54) is 16.2 Å². The zero-order valence-corrected chi connectivity index (χ0v) is 19.6. The number of amides is 1. The molecule has 0 spiro atoms. The molecule has 1 aliphatic heterocycles. The zero-order valence-electron chi connectivity index (χ0n) is 18.8. The molecule has 2 aromatic carbocycles. The Balaban J connectivity index is 1.72. The maximum Gasteiger partial charge on any atom is 0.300 e. The lowest BCUT2D eigenvalue weighted by atomic mass is 9.99. The Bertz CT molecular complexity index is 1170. The van der Waals surface area contributed by atoms with Crippen molar-refractivity contribution >= 4 is 34.5 Å². The molecule has 0 aliphatic carbocycles. The van der Waals surface area contributed by atoms with E-state index in [2.05, 4.69) is 6.92 Å². The molecule has 1 fully saturated rings. The van der Waals surface area contributed by atoms with E-state index in [1.54, 1.807) is 24.3 Å². The van der Waals surface area contributed by atoms with Crippen LogP contribution in [0.1, 0.15) is 48.2 Å². The Kier molecular flexibility index (Phi) is 6.94. The first-order valence-corrected chi connectivity index (χ1v) is 12.0. The highest BCUT2D eigenvalue weighted by Gasteiger charge is 2.47. The van der Waals surface area contributed by atoms with Crippen molar-refractivity contribution in [2.24, 2.45) is 0 Å². The number of unbranched alkanes of at least 4 members (excludes halogenated alkanes) is 2. The standard InChI is InChI=1S/C27H27NO4S/c1-3-4-7-16-32-20-14-12-19(13-15-20)25(29)23-24(22-11-8-17-33-22)28(27(31)26(23)30)21-10-6-5-9-18(21)2/h5-6,8-15,17,24,29H,3-4,7,16H2,1-2H3/b25-23-. The second-order valence-electron chi connectivity index (χ2n) is 8.05. The first-order valence-electron chi connectivity index (χ1n) is 11.2. The Labute approximate surface area is 197 Å². The Morgan fingerprint density at radius 1 is 1.03 bits per heavy atom. The molecule has 2 heterocycles. The minimum Gasteiger partial charge on any atom is -0.507 e. The van der Waals surface area contributed by atoms with E-state index in [0.29, 0.717) is 23.6 Å². The lowest BCUT2D eigenvalue weighted by molar-refractivity contribution is -0.132. The number of aliphatic hydroxyl groups excluding tert-OH is 1. The first kappa shape index (κ1) is 22.8. The summed E-state index contributed by atoms with van der Waals surface area (Å²) in [6.45, 7) is 4.68. The van der Waals surface area contributed by atoms with Gasteiger partial charge in [-0.1, -0.05) is 44.0 Å². The van der Waals surface area contributed by atoms with Gasteiger partial charge in [0, 0.05) is 16.1 Å². The summed E-state index contributed by atoms with van der Waals surface area (Å²) in [5.41, 5.74) is 2.11. The molecule has 1 amide bonds. The Morgan fingerprint density at radius 3 is 2.45 bits per heavy atom. The maximum atomic E-state index is 13.2. The van der Waals surface area contributed by atoms with E-state index in [0.717, 1.165) is 29.7 Å². The van der Waals surface area contributed by atoms with E-state index in [4.69, 9.17) is 4.74 Å². The van der Waals surface area contributed by atoms with Crippen LogP contribution in [0.4, 0.5) is 5.69 Å². The number of rotatable bonds is 8. The molecule has 4 rings (SSSR count). The molecule has 0 bridgehead atoms. The quantitative estimate of drug-likeness (QED) is 0.186. The van der Waals surface area contributed by atoms with E-state index in [1.807, 2.05) is 48.7 Å². The second-order valence-corrected chi connectivity index (χ2v) is 9.03. The van der Waals surface area contributed by atoms with E-state index < -0.39 is 17.7 Å². The van der Waals surface area contributed by atoms with Crippen molar-refractivity contribution < 1.29 is 19.4 Å². The highest BCUT2D eigenvalue weighted by Crippen LogP contribution is 2.44. The third-order valence-corrected chi connectivity index (χ3v) is 6.70. The van der Waals surface area contributed by atoms with Gasteiger partial charge in [0.1, 0.15) is 17.6 Å². The molecule has 1 saturated heterocycles. The number of Topliss-reactive ketones (excluding diaryl/α,β-unsaturated/α-hetero) is 1. The number of carbonyl (C=O) groups is 2. The van der Waals surface area contributed by atoms with Crippen LogP contribution >= 0.6 is 11.3 Å². The van der Waals surface area contributed by atoms with Gasteiger partial charge >= 0.3 is 0 Å². The summed E-state index contributed by atoms with van der Waals surface area (Å²) in [6.07, 6.45) is 3.23. The third-order valence-electron chi connectivity index (χ3n) is 5.78. The van der Waals surface area contributed by atoms with Crippen LogP contribution in [-0.4, -0.2) is 23.4 Å². The van der Waals surface area contributed by atoms with Gasteiger partial charge in [-0.2, -0.15) is 0 Å². The number of ether oxygens (including phenoxy) is 1. The molecule has 170 valence electrons. The van der Waals surface area contributed by atoms with Gasteiger partial charge in [-0.05, 0) is 60.7 Å². The van der Waals surface area contributed by atoms with E-state index >= 15 is 0 Å². The summed E-state index contributed by atoms with van der Waals surface area (Å²) in [5.74, 6) is -0.799. The second kappa shape index (κ2) is 10.0. The average molecular weight is 462 g/mol. The molecule has 1 unspecified atom stereocenters. The van der Waals surface area contributed by atoms with E-state index in [9.17, 15) is 14.7 Å². The normalized spacial score (nSPS) is 17.5. The number of para-hydroxylation sites is 1. The first-order chi connectivity index (χ1) is 16.0. The topological polar surface area (TPSA) is 66.8 Å². The number of thiophene rings is 1. The number of aliphatic hydroxyl groups is 1. The molecule has 3 aromatic rings. The van der Waals surface area contributed by atoms with Crippen LogP contribution in [0.2, 0.25) is 0 Å². The highest BCUT2D eigenvalue weighted by atomic mass is 32.1. The van der Waals surface area contributed by atoms with Crippen LogP contribution in [0, 0.1) is 6.92 Å². The number of nitrogens with zero attached hydrogens (tertiary/aromatic N) is 1. The van der Waals surface area contributed by atoms with Gasteiger partial charge in [0.15, 0.2) is 0 Å². The minimum absolute atomic E-state index is 0.0994. The lowest BCUT2D eigenvalue weighted by Gasteiger charge is -2.25. The van der Waals surface area contributed by atoms with Crippen molar-refractivity contribution in [3.63, 3.8) is 0 Å². The van der Waals surface area contributed by atoms with Gasteiger partial charge < -0.3 is 9.84 Å². The number of hydrogen-bond acceptors (Lipinski definition) is 5. The third kappa shape index (κ3) is 4.57. The van der Waals surface area contributed by atoms with Gasteiger partial charge in [-0.3, -0.25) is 14.5 Å². The summed E-state index contributed by atoms with van der Waals surface area (Å²) < 4.78 is 5.75. The summed E-state index contributed by atoms with van der Waals surface area (Å²) >= 11 is 1.45. The molecule has 0 saturated carbocycles. The number of carbonyl (C=O) groups excluding carboxylic acids is 2. The highest BCUT2D eigenvalue weighted by molar-refractivity contribution is 7.10. The largest absolute Gasteiger partial charge is 0.507 e. The molecule has 1 aliphatic rings. The number of ketones is 1. The minimum atomic E-state index is -0.686. The number of aryl methyl sites for hydroxylation is 1. The molecule has 1 atom stereocenters. The van der Waals surface area contributed by atoms with Gasteiger partial charge in [-0.15, -0.1) is 11.3 Å². The summed E-state index contributed by atoms with van der Waals surface area (Å²) in [6, 6.07) is 17.5. The fourth-order valence-electron chi connectivity index (χ4n) is 4.04. The van der Waals surface area contributed by atoms with Gasteiger partial charge in [-0.25, -0.2) is 0 Å². The smallest absolute Gasteiger partial charge is 0.300 e. The summed E-state index contributed by atoms with van der Waals surface area (Å²) in [7, 11) is 0. The number of anilines is 1. The van der Waals surface area contributed by atoms with Crippen LogP contribution in [0.3, 0.4) is 0 Å². The van der Waals surface area contributed by atoms with Crippen LogP contribution in [0.15, 0.2) is 71.6 Å². The molecule has 5 nitrogen and oxygen atoms in total. The van der Waals surface area contributed by atoms with E-state index in [-0.39, 0.29) is 11.3 Å². The number of benzene rings is 2. The SMILES string of the molecule is CCCCCOc1ccc(/C(O)=C2/C(=O)C(=O)N(c3ccccc3C)C2c2cccs2)cc1. The molecule has 1 aromatic heterocycles. The van der Waals surface area contributed by atoms with Crippen molar-refractivity contribution in [2.75, 3.05) is 11.5 Å². The zero-order chi connectivity index (χ0) is 23.4. The lowest BCUT2D eigenvalue weighted by Crippen LogP contribution is -2.29. The average Bonchev–Trinajstić information content (AvgIpc) is 3.44. The van der Waals surface area contributed by atoms with Crippen LogP contribution < -0.4 is 9.64 Å². The summed E-state index contributed by atoms with van der Waals surface area (Å²) in [4.78, 5) is 28.6. The van der Waals surface area contributed by atoms with Crippen molar-refractivity contribution in [3.8, 4) is 5.75 Å². The fourth-order valence-corrected chi connectivity index (χ4v) is 4.86. The van der Waals surface area contributed by atoms with Crippen molar-refractivity contribution in [1.29, 1.82) is 0 Å². The fraction of sp³-hybridized carbons (Fsp3) is 0.259. The predicted molar refractivity (Wildman–Crippen MR) is 132 cm³/mol. The van der Waals surface area contributed by atoms with Crippen molar-refractivity contribution in [2.45, 2.75) is 39.2 Å².